The molecule has 0 aliphatic carbocycles. The molecule has 3 amide bonds. The Kier molecular flexibility index (Phi) is 4.76. The van der Waals surface area contributed by atoms with Gasteiger partial charge in [-0.3, -0.25) is 29.1 Å². The zero-order valence-electron chi connectivity index (χ0n) is 16.3. The van der Waals surface area contributed by atoms with E-state index in [0.717, 1.165) is 13.0 Å². The molecule has 4 heterocycles. The van der Waals surface area contributed by atoms with Crippen molar-refractivity contribution < 1.29 is 19.5 Å². The number of aliphatic hydroxyl groups is 1. The van der Waals surface area contributed by atoms with Crippen LogP contribution in [0.4, 0.5) is 0 Å². The summed E-state index contributed by atoms with van der Waals surface area (Å²) in [5, 5.41) is 10.1. The van der Waals surface area contributed by atoms with Crippen molar-refractivity contribution in [1.29, 1.82) is 0 Å². The highest BCUT2D eigenvalue weighted by atomic mass is 16.3. The summed E-state index contributed by atoms with van der Waals surface area (Å²) in [5.41, 5.74) is -0.677. The summed E-state index contributed by atoms with van der Waals surface area (Å²) in [4.78, 5) is 45.5. The number of carbonyl (C=O) groups is 3. The Labute approximate surface area is 160 Å². The number of likely N-dealkylation sites (tertiary alicyclic amines) is 2. The van der Waals surface area contributed by atoms with Crippen LogP contribution in [0, 0.1) is 0 Å². The van der Waals surface area contributed by atoms with Crippen molar-refractivity contribution >= 4 is 17.7 Å². The minimum atomic E-state index is -0.677. The summed E-state index contributed by atoms with van der Waals surface area (Å²) in [7, 11) is 0. The summed E-state index contributed by atoms with van der Waals surface area (Å²) >= 11 is 0. The van der Waals surface area contributed by atoms with Crippen LogP contribution >= 0.6 is 0 Å². The van der Waals surface area contributed by atoms with Crippen LogP contribution < -0.4 is 0 Å². The number of piperazine rings is 1. The van der Waals surface area contributed by atoms with E-state index >= 15 is 0 Å². The van der Waals surface area contributed by atoms with Gasteiger partial charge in [0.05, 0.1) is 12.1 Å². The Morgan fingerprint density at radius 2 is 1.93 bits per heavy atom. The van der Waals surface area contributed by atoms with Crippen LogP contribution in [-0.4, -0.2) is 105 Å². The zero-order chi connectivity index (χ0) is 19.3. The second-order valence-corrected chi connectivity index (χ2v) is 8.72. The molecule has 150 valence electrons. The first-order chi connectivity index (χ1) is 12.8. The van der Waals surface area contributed by atoms with E-state index in [1.54, 1.807) is 0 Å². The first-order valence-electron chi connectivity index (χ1n) is 10.2. The first kappa shape index (κ1) is 18.8. The van der Waals surface area contributed by atoms with Crippen LogP contribution in [0.1, 0.15) is 39.5 Å². The van der Waals surface area contributed by atoms with Gasteiger partial charge in [-0.25, -0.2) is 0 Å². The minimum Gasteiger partial charge on any atom is -0.392 e. The second kappa shape index (κ2) is 6.83. The molecule has 8 nitrogen and oxygen atoms in total. The molecular formula is C19H30N4O4. The lowest BCUT2D eigenvalue weighted by molar-refractivity contribution is -0.181. The molecule has 4 aliphatic rings. The predicted molar refractivity (Wildman–Crippen MR) is 97.7 cm³/mol. The number of nitrogens with zero attached hydrogens (tertiary/aromatic N) is 4. The van der Waals surface area contributed by atoms with E-state index < -0.39 is 17.7 Å². The number of β-amino-alcohol motifs (C(OH)–C–C–N with tert-alkyl or cyclic N) is 1. The molecule has 4 aliphatic heterocycles. The molecule has 0 saturated carbocycles. The van der Waals surface area contributed by atoms with Crippen molar-refractivity contribution in [2.75, 3.05) is 39.3 Å². The van der Waals surface area contributed by atoms with E-state index in [9.17, 15) is 19.5 Å². The molecule has 4 rings (SSSR count). The van der Waals surface area contributed by atoms with Gasteiger partial charge >= 0.3 is 0 Å². The number of hydrogen-bond donors (Lipinski definition) is 1. The van der Waals surface area contributed by atoms with Crippen LogP contribution in [0.5, 0.6) is 0 Å². The summed E-state index contributed by atoms with van der Waals surface area (Å²) in [5.74, 6) is -0.139. The topological polar surface area (TPSA) is 84.4 Å². The summed E-state index contributed by atoms with van der Waals surface area (Å²) < 4.78 is 0. The fraction of sp³-hybridized carbons (Fsp3) is 0.842. The molecule has 0 aromatic rings. The van der Waals surface area contributed by atoms with E-state index in [0.29, 0.717) is 58.0 Å². The van der Waals surface area contributed by atoms with E-state index in [4.69, 9.17) is 0 Å². The molecule has 0 aromatic carbocycles. The molecule has 0 bridgehead atoms. The quantitative estimate of drug-likeness (QED) is 0.635. The standard InChI is InChI=1S/C19H30N4O4/c1-13(2)21-11-19(12-21)18(27)22(8-4-7-20-6-3-5-16(20)25)17(26)15-9-14(24)10-23(15)19/h13-15,24H,3-12H2,1-2H3. The molecule has 1 N–H and O–H groups in total. The molecule has 1 spiro atoms. The second-order valence-electron chi connectivity index (χ2n) is 8.72. The maximum Gasteiger partial charge on any atom is 0.252 e. The summed E-state index contributed by atoms with van der Waals surface area (Å²) in [6, 6.07) is -0.0536. The van der Waals surface area contributed by atoms with Gasteiger partial charge in [0.25, 0.3) is 5.91 Å². The van der Waals surface area contributed by atoms with Crippen molar-refractivity contribution in [2.45, 2.75) is 63.3 Å². The number of amides is 3. The van der Waals surface area contributed by atoms with Gasteiger partial charge in [-0.15, -0.1) is 0 Å². The van der Waals surface area contributed by atoms with Crippen LogP contribution in [0.2, 0.25) is 0 Å². The Morgan fingerprint density at radius 1 is 1.19 bits per heavy atom. The molecule has 8 heteroatoms. The molecule has 4 fully saturated rings. The fourth-order valence-corrected chi connectivity index (χ4v) is 5.05. The van der Waals surface area contributed by atoms with E-state index in [1.807, 2.05) is 9.80 Å². The molecule has 4 saturated heterocycles. The first-order valence-corrected chi connectivity index (χ1v) is 10.2. The average molecular weight is 378 g/mol. The number of hydrogen-bond acceptors (Lipinski definition) is 6. The van der Waals surface area contributed by atoms with Crippen LogP contribution in [0.15, 0.2) is 0 Å². The number of rotatable bonds is 5. The SMILES string of the molecule is CC(C)N1CC2(C1)C(=O)N(CCCN1CCCC1=O)C(=O)C1CC(O)CN12. The smallest absolute Gasteiger partial charge is 0.252 e. The third kappa shape index (κ3) is 2.98. The van der Waals surface area contributed by atoms with Gasteiger partial charge in [0.2, 0.25) is 11.8 Å². The number of carbonyl (C=O) groups excluding carboxylic acids is 3. The van der Waals surface area contributed by atoms with E-state index in [-0.39, 0.29) is 17.7 Å². The van der Waals surface area contributed by atoms with Crippen molar-refractivity contribution in [3.63, 3.8) is 0 Å². The monoisotopic (exact) mass is 378 g/mol. The lowest BCUT2D eigenvalue weighted by atomic mass is 9.81. The molecule has 2 atom stereocenters. The number of aliphatic hydroxyl groups excluding tert-OH is 1. The normalized spacial score (nSPS) is 31.3. The Hall–Kier alpha value is -1.51. The largest absolute Gasteiger partial charge is 0.392 e. The predicted octanol–water partition coefficient (Wildman–Crippen LogP) is -0.734. The summed E-state index contributed by atoms with van der Waals surface area (Å²) in [6.07, 6.45) is 1.95. The molecule has 0 aromatic heterocycles. The zero-order valence-corrected chi connectivity index (χ0v) is 16.3. The van der Waals surface area contributed by atoms with Crippen molar-refractivity contribution in [3.05, 3.63) is 0 Å². The van der Waals surface area contributed by atoms with Crippen LogP contribution in [0.3, 0.4) is 0 Å². The number of imide groups is 1. The maximum atomic E-state index is 13.3. The van der Waals surface area contributed by atoms with E-state index in [2.05, 4.69) is 18.7 Å². The Bertz CT molecular complexity index is 646. The highest BCUT2D eigenvalue weighted by molar-refractivity contribution is 6.06. The number of fused-ring (bicyclic) bond motifs is 2. The van der Waals surface area contributed by atoms with Crippen molar-refractivity contribution in [3.8, 4) is 0 Å². The highest BCUT2D eigenvalue weighted by Gasteiger charge is 2.64. The van der Waals surface area contributed by atoms with Gasteiger partial charge in [0, 0.05) is 51.7 Å². The minimum absolute atomic E-state index is 0.123. The van der Waals surface area contributed by atoms with Crippen LogP contribution in [0.25, 0.3) is 0 Å². The van der Waals surface area contributed by atoms with Gasteiger partial charge in [-0.05, 0) is 33.1 Å². The van der Waals surface area contributed by atoms with Crippen molar-refractivity contribution in [2.24, 2.45) is 0 Å². The third-order valence-electron chi connectivity index (χ3n) is 6.66. The highest BCUT2D eigenvalue weighted by Crippen LogP contribution is 2.41. The molecule has 2 unspecified atom stereocenters. The van der Waals surface area contributed by atoms with Gasteiger partial charge < -0.3 is 10.0 Å². The Morgan fingerprint density at radius 3 is 2.56 bits per heavy atom. The maximum absolute atomic E-state index is 13.3. The van der Waals surface area contributed by atoms with Gasteiger partial charge in [0.15, 0.2) is 0 Å². The lowest BCUT2D eigenvalue weighted by Crippen LogP contribution is -2.82. The molecular weight excluding hydrogens is 348 g/mol. The fourth-order valence-electron chi connectivity index (χ4n) is 5.05. The van der Waals surface area contributed by atoms with Gasteiger partial charge in [0.1, 0.15) is 5.54 Å². The third-order valence-corrected chi connectivity index (χ3v) is 6.66. The van der Waals surface area contributed by atoms with Crippen molar-refractivity contribution in [1.82, 2.24) is 19.6 Å². The molecule has 0 radical (unpaired) electrons. The van der Waals surface area contributed by atoms with Gasteiger partial charge in [-0.2, -0.15) is 0 Å². The lowest BCUT2D eigenvalue weighted by Gasteiger charge is -2.59. The van der Waals surface area contributed by atoms with Crippen LogP contribution in [-0.2, 0) is 14.4 Å². The Balaban J connectivity index is 1.47. The summed E-state index contributed by atoms with van der Waals surface area (Å²) in [6.45, 7) is 7.55. The molecule has 27 heavy (non-hydrogen) atoms. The van der Waals surface area contributed by atoms with E-state index in [1.165, 1.54) is 4.90 Å². The van der Waals surface area contributed by atoms with Gasteiger partial charge in [-0.1, -0.05) is 0 Å². The average Bonchev–Trinajstić information content (AvgIpc) is 3.15.